The van der Waals surface area contributed by atoms with E-state index >= 15 is 0 Å². The number of rotatable bonds is 5. The van der Waals surface area contributed by atoms with Gasteiger partial charge in [0.2, 0.25) is 0 Å². The van der Waals surface area contributed by atoms with Crippen molar-refractivity contribution in [3.05, 3.63) is 29.8 Å². The molecule has 2 fully saturated rings. The highest BCUT2D eigenvalue weighted by molar-refractivity contribution is 6.62. The van der Waals surface area contributed by atoms with Gasteiger partial charge in [0.1, 0.15) is 11.6 Å². The van der Waals surface area contributed by atoms with Crippen LogP contribution < -0.4 is 10.8 Å². The number of nitriles is 1. The highest BCUT2D eigenvalue weighted by Gasteiger charge is 2.51. The zero-order valence-electron chi connectivity index (χ0n) is 22.7. The number of urea groups is 1. The molecule has 0 radical (unpaired) electrons. The van der Waals surface area contributed by atoms with Crippen LogP contribution in [-0.4, -0.2) is 53.0 Å². The molecule has 9 heteroatoms. The Hall–Kier alpha value is -2.57. The third-order valence-electron chi connectivity index (χ3n) is 7.15. The van der Waals surface area contributed by atoms with Crippen LogP contribution in [0.1, 0.15) is 86.1 Å². The van der Waals surface area contributed by atoms with Crippen molar-refractivity contribution in [2.75, 3.05) is 0 Å². The second kappa shape index (κ2) is 10.8. The van der Waals surface area contributed by atoms with Crippen molar-refractivity contribution in [3.63, 3.8) is 0 Å². The standard InChI is InChI=1S/C27H40BN3O5/c1-25(2,3)34-24(33)31(22-11-9-8-10-12-22)23(32)30-21(18-29)17-19-13-15-20(16-14-19)28-35-26(4,5)27(6,7)36-28/h13-16,21-22H,8-12,17H2,1-7H3,(H,30,32). The van der Waals surface area contributed by atoms with Gasteiger partial charge in [-0.1, -0.05) is 43.5 Å². The van der Waals surface area contributed by atoms with Crippen LogP contribution in [0.5, 0.6) is 0 Å². The smallest absolute Gasteiger partial charge is 0.443 e. The van der Waals surface area contributed by atoms with E-state index in [1.54, 1.807) is 20.8 Å². The number of hydrogen-bond donors (Lipinski definition) is 1. The normalized spacial score (nSPS) is 20.3. The molecule has 1 aliphatic carbocycles. The third-order valence-corrected chi connectivity index (χ3v) is 7.15. The molecule has 0 spiro atoms. The van der Waals surface area contributed by atoms with Gasteiger partial charge < -0.3 is 19.4 Å². The molecule has 196 valence electrons. The Labute approximate surface area is 215 Å². The maximum absolute atomic E-state index is 13.2. The van der Waals surface area contributed by atoms with Crippen molar-refractivity contribution in [2.24, 2.45) is 0 Å². The Kier molecular flexibility index (Phi) is 8.42. The van der Waals surface area contributed by atoms with Gasteiger partial charge in [-0.05, 0) is 72.3 Å². The summed E-state index contributed by atoms with van der Waals surface area (Å²) >= 11 is 0. The molecule has 8 nitrogen and oxygen atoms in total. The van der Waals surface area contributed by atoms with E-state index in [4.69, 9.17) is 14.0 Å². The van der Waals surface area contributed by atoms with Gasteiger partial charge in [0.05, 0.1) is 17.3 Å². The predicted octanol–water partition coefficient (Wildman–Crippen LogP) is 4.70. The molecular weight excluding hydrogens is 457 g/mol. The summed E-state index contributed by atoms with van der Waals surface area (Å²) in [5.41, 5.74) is 0.194. The van der Waals surface area contributed by atoms with Gasteiger partial charge >= 0.3 is 19.2 Å². The summed E-state index contributed by atoms with van der Waals surface area (Å²) in [5.74, 6) is 0. The van der Waals surface area contributed by atoms with E-state index in [1.165, 1.54) is 4.90 Å². The van der Waals surface area contributed by atoms with Crippen molar-refractivity contribution >= 4 is 24.7 Å². The van der Waals surface area contributed by atoms with E-state index in [2.05, 4.69) is 11.4 Å². The SMILES string of the molecule is CC(C)(C)OC(=O)N(C(=O)NC(C#N)Cc1ccc(B2OC(C)(C)C(C)(C)O2)cc1)C1CCCCC1. The van der Waals surface area contributed by atoms with Crippen LogP contribution in [0, 0.1) is 11.3 Å². The summed E-state index contributed by atoms with van der Waals surface area (Å²) in [6.07, 6.45) is 4.11. The van der Waals surface area contributed by atoms with E-state index < -0.39 is 42.1 Å². The molecule has 1 aromatic carbocycles. The zero-order valence-corrected chi connectivity index (χ0v) is 22.7. The number of amides is 3. The first-order chi connectivity index (χ1) is 16.7. The number of nitrogens with one attached hydrogen (secondary N) is 1. The molecule has 2 aliphatic rings. The molecule has 1 aliphatic heterocycles. The van der Waals surface area contributed by atoms with Crippen LogP contribution in [0.3, 0.4) is 0 Å². The molecule has 0 aromatic heterocycles. The Morgan fingerprint density at radius 3 is 2.17 bits per heavy atom. The maximum Gasteiger partial charge on any atom is 0.494 e. The van der Waals surface area contributed by atoms with Crippen LogP contribution >= 0.6 is 0 Å². The van der Waals surface area contributed by atoms with Crippen molar-refractivity contribution in [3.8, 4) is 6.07 Å². The summed E-state index contributed by atoms with van der Waals surface area (Å²) in [7, 11) is -0.464. The van der Waals surface area contributed by atoms with E-state index in [1.807, 2.05) is 52.0 Å². The van der Waals surface area contributed by atoms with Crippen molar-refractivity contribution in [1.29, 1.82) is 5.26 Å². The summed E-state index contributed by atoms with van der Waals surface area (Å²) in [6, 6.07) is 8.20. The number of carbonyl (C=O) groups excluding carboxylic acids is 2. The Morgan fingerprint density at radius 1 is 1.11 bits per heavy atom. The van der Waals surface area contributed by atoms with Gasteiger partial charge in [-0.25, -0.2) is 14.5 Å². The first-order valence-corrected chi connectivity index (χ1v) is 12.9. The minimum atomic E-state index is -0.797. The number of nitrogens with zero attached hydrogens (tertiary/aromatic N) is 2. The molecule has 3 rings (SSSR count). The lowest BCUT2D eigenvalue weighted by Crippen LogP contribution is -2.53. The minimum absolute atomic E-state index is 0.230. The van der Waals surface area contributed by atoms with Crippen LogP contribution in [-0.2, 0) is 20.5 Å². The number of benzene rings is 1. The van der Waals surface area contributed by atoms with Gasteiger partial charge in [-0.15, -0.1) is 0 Å². The second-order valence-corrected chi connectivity index (χ2v) is 11.8. The van der Waals surface area contributed by atoms with Gasteiger partial charge in [0, 0.05) is 12.5 Å². The molecule has 1 heterocycles. The van der Waals surface area contributed by atoms with Crippen LogP contribution in [0.2, 0.25) is 0 Å². The average molecular weight is 497 g/mol. The van der Waals surface area contributed by atoms with E-state index in [9.17, 15) is 14.9 Å². The number of ether oxygens (including phenoxy) is 1. The van der Waals surface area contributed by atoms with Crippen LogP contribution in [0.25, 0.3) is 0 Å². The Balaban J connectivity index is 1.67. The summed E-state index contributed by atoms with van der Waals surface area (Å²) in [6.45, 7) is 13.4. The van der Waals surface area contributed by atoms with Crippen molar-refractivity contribution < 1.29 is 23.6 Å². The fourth-order valence-corrected chi connectivity index (χ4v) is 4.42. The van der Waals surface area contributed by atoms with E-state index in [-0.39, 0.29) is 6.04 Å². The molecule has 1 unspecified atom stereocenters. The molecular formula is C27H40BN3O5. The fraction of sp³-hybridized carbons (Fsp3) is 0.667. The van der Waals surface area contributed by atoms with Gasteiger partial charge in [0.15, 0.2) is 0 Å². The monoisotopic (exact) mass is 497 g/mol. The molecule has 1 saturated heterocycles. The van der Waals surface area contributed by atoms with Crippen molar-refractivity contribution in [1.82, 2.24) is 10.2 Å². The first-order valence-electron chi connectivity index (χ1n) is 12.9. The topological polar surface area (TPSA) is 101 Å². The summed E-state index contributed by atoms with van der Waals surface area (Å²) < 4.78 is 17.7. The minimum Gasteiger partial charge on any atom is -0.443 e. The number of imide groups is 1. The van der Waals surface area contributed by atoms with Gasteiger partial charge in [-0.3, -0.25) is 0 Å². The largest absolute Gasteiger partial charge is 0.494 e. The second-order valence-electron chi connectivity index (χ2n) is 11.8. The molecule has 1 atom stereocenters. The van der Waals surface area contributed by atoms with Crippen molar-refractivity contribution in [2.45, 2.75) is 116 Å². The highest BCUT2D eigenvalue weighted by Crippen LogP contribution is 2.36. The summed E-state index contributed by atoms with van der Waals surface area (Å²) in [5, 5.41) is 12.5. The zero-order chi connectivity index (χ0) is 26.7. The fourth-order valence-electron chi connectivity index (χ4n) is 4.42. The summed E-state index contributed by atoms with van der Waals surface area (Å²) in [4.78, 5) is 27.3. The lowest BCUT2D eigenvalue weighted by Gasteiger charge is -2.34. The Morgan fingerprint density at radius 2 is 1.67 bits per heavy atom. The molecule has 1 aromatic rings. The molecule has 1 N–H and O–H groups in total. The lowest BCUT2D eigenvalue weighted by atomic mass is 9.78. The highest BCUT2D eigenvalue weighted by atomic mass is 16.7. The molecule has 36 heavy (non-hydrogen) atoms. The van der Waals surface area contributed by atoms with Crippen LogP contribution in [0.4, 0.5) is 9.59 Å². The van der Waals surface area contributed by atoms with Gasteiger partial charge in [0.25, 0.3) is 0 Å². The number of hydrogen-bond acceptors (Lipinski definition) is 6. The van der Waals surface area contributed by atoms with Crippen LogP contribution in [0.15, 0.2) is 24.3 Å². The third kappa shape index (κ3) is 6.80. The maximum atomic E-state index is 13.2. The first kappa shape index (κ1) is 28.0. The average Bonchev–Trinajstić information content (AvgIpc) is 3.00. The predicted molar refractivity (Wildman–Crippen MR) is 139 cm³/mol. The lowest BCUT2D eigenvalue weighted by molar-refractivity contribution is 0.00578. The number of carbonyl (C=O) groups is 2. The van der Waals surface area contributed by atoms with E-state index in [0.29, 0.717) is 6.42 Å². The molecule has 3 amide bonds. The Bertz CT molecular complexity index is 959. The molecule has 1 saturated carbocycles. The van der Waals surface area contributed by atoms with E-state index in [0.717, 1.165) is 43.1 Å². The molecule has 0 bridgehead atoms. The quantitative estimate of drug-likeness (QED) is 0.592. The van der Waals surface area contributed by atoms with Gasteiger partial charge in [-0.2, -0.15) is 5.26 Å².